The van der Waals surface area contributed by atoms with E-state index in [4.69, 9.17) is 5.73 Å². The Balaban J connectivity index is 5.01. The molecule has 0 fully saturated rings. The quantitative estimate of drug-likeness (QED) is 0.273. The fraction of sp³-hybridized carbons (Fsp3) is 0.367. The molecule has 0 saturated heterocycles. The van der Waals surface area contributed by atoms with Gasteiger partial charge in [-0.1, -0.05) is 123 Å². The first kappa shape index (κ1) is 29.1. The van der Waals surface area contributed by atoms with Crippen molar-refractivity contribution in [3.05, 3.63) is 106 Å². The van der Waals surface area contributed by atoms with Crippen LogP contribution in [0.25, 0.3) is 0 Å². The molecule has 0 atom stereocenters. The minimum atomic E-state index is -0.399. The highest BCUT2D eigenvalue weighted by atomic mass is 16.1. The fourth-order valence-corrected chi connectivity index (χ4v) is 2.80. The van der Waals surface area contributed by atoms with E-state index in [1.807, 2.05) is 37.3 Å². The van der Waals surface area contributed by atoms with Crippen LogP contribution < -0.4 is 5.73 Å². The van der Waals surface area contributed by atoms with Gasteiger partial charge in [-0.15, -0.1) is 0 Å². The Morgan fingerprint density at radius 3 is 1.56 bits per heavy atom. The van der Waals surface area contributed by atoms with Crippen molar-refractivity contribution in [3.63, 3.8) is 0 Å². The number of carbonyl (C=O) groups is 1. The largest absolute Gasteiger partial charge is 0.366 e. The van der Waals surface area contributed by atoms with Crippen LogP contribution in [0.3, 0.4) is 0 Å². The molecule has 0 radical (unpaired) electrons. The van der Waals surface area contributed by atoms with Crippen molar-refractivity contribution in [2.45, 2.75) is 68.7 Å². The molecule has 2 nitrogen and oxygen atoms in total. The molecule has 0 heterocycles. The van der Waals surface area contributed by atoms with Crippen LogP contribution in [-0.4, -0.2) is 5.91 Å². The summed E-state index contributed by atoms with van der Waals surface area (Å²) < 4.78 is 0. The monoisotopic (exact) mass is 433 g/mol. The Hall–Kier alpha value is -2.87. The van der Waals surface area contributed by atoms with E-state index in [0.29, 0.717) is 5.57 Å². The molecule has 32 heavy (non-hydrogen) atoms. The Labute approximate surface area is 197 Å². The van der Waals surface area contributed by atoms with Gasteiger partial charge in [-0.3, -0.25) is 4.79 Å². The number of nitrogens with two attached hydrogens (primary N) is 1. The third kappa shape index (κ3) is 13.4. The molecule has 0 unspecified atom stereocenters. The first-order chi connectivity index (χ1) is 14.9. The Morgan fingerprint density at radius 2 is 1.12 bits per heavy atom. The minimum Gasteiger partial charge on any atom is -0.366 e. The molecule has 0 aliphatic rings. The van der Waals surface area contributed by atoms with E-state index in [-0.39, 0.29) is 5.41 Å². The van der Waals surface area contributed by atoms with E-state index >= 15 is 0 Å². The molecule has 0 saturated carbocycles. The summed E-state index contributed by atoms with van der Waals surface area (Å²) in [6.07, 6.45) is 25.5. The van der Waals surface area contributed by atoms with Crippen LogP contribution in [0.5, 0.6) is 0 Å². The lowest BCUT2D eigenvalue weighted by atomic mass is 9.82. The maximum Gasteiger partial charge on any atom is 0.244 e. The molecule has 0 aromatic carbocycles. The number of amides is 1. The first-order valence-electron chi connectivity index (χ1n) is 11.3. The Kier molecular flexibility index (Phi) is 13.7. The predicted molar refractivity (Wildman–Crippen MR) is 143 cm³/mol. The maximum absolute atomic E-state index is 11.0. The van der Waals surface area contributed by atoms with Crippen molar-refractivity contribution < 1.29 is 4.79 Å². The Morgan fingerprint density at radius 1 is 0.688 bits per heavy atom. The zero-order valence-corrected chi connectivity index (χ0v) is 21.6. The van der Waals surface area contributed by atoms with Crippen LogP contribution in [0, 0.1) is 5.41 Å². The number of hydrogen-bond donors (Lipinski definition) is 1. The van der Waals surface area contributed by atoms with Crippen molar-refractivity contribution in [1.82, 2.24) is 0 Å². The molecule has 0 aliphatic carbocycles. The molecule has 0 aliphatic heterocycles. The molecular formula is C30H43NO. The van der Waals surface area contributed by atoms with Gasteiger partial charge >= 0.3 is 0 Å². The summed E-state index contributed by atoms with van der Waals surface area (Å²) in [5.74, 6) is -0.399. The molecule has 2 heteroatoms. The highest BCUT2D eigenvalue weighted by Crippen LogP contribution is 2.30. The zero-order valence-electron chi connectivity index (χ0n) is 21.6. The number of allylic oxidation sites excluding steroid dienone is 17. The lowest BCUT2D eigenvalue weighted by Gasteiger charge is -2.23. The van der Waals surface area contributed by atoms with Crippen molar-refractivity contribution in [3.8, 4) is 0 Å². The van der Waals surface area contributed by atoms with E-state index in [9.17, 15) is 4.79 Å². The normalized spacial score (nSPS) is 16.2. The topological polar surface area (TPSA) is 43.1 Å². The summed E-state index contributed by atoms with van der Waals surface area (Å²) in [5, 5.41) is 0. The molecule has 1 amide bonds. The van der Waals surface area contributed by atoms with Crippen molar-refractivity contribution in [1.29, 1.82) is 0 Å². The molecule has 0 bridgehead atoms. The van der Waals surface area contributed by atoms with Gasteiger partial charge in [0.15, 0.2) is 0 Å². The molecule has 2 N–H and O–H groups in total. The lowest BCUT2D eigenvalue weighted by molar-refractivity contribution is -0.114. The third-order valence-corrected chi connectivity index (χ3v) is 4.95. The second-order valence-corrected chi connectivity index (χ2v) is 9.18. The van der Waals surface area contributed by atoms with Crippen LogP contribution in [-0.2, 0) is 4.79 Å². The van der Waals surface area contributed by atoms with Gasteiger partial charge in [0.2, 0.25) is 5.91 Å². The number of hydrogen-bond acceptors (Lipinski definition) is 1. The van der Waals surface area contributed by atoms with E-state index in [0.717, 1.165) is 12.0 Å². The van der Waals surface area contributed by atoms with Crippen molar-refractivity contribution in [2.75, 3.05) is 0 Å². The average molecular weight is 434 g/mol. The fourth-order valence-electron chi connectivity index (χ4n) is 2.80. The highest BCUT2D eigenvalue weighted by molar-refractivity contribution is 5.91. The molecule has 0 aromatic rings. The smallest absolute Gasteiger partial charge is 0.244 e. The third-order valence-electron chi connectivity index (χ3n) is 4.95. The van der Waals surface area contributed by atoms with Gasteiger partial charge < -0.3 is 5.73 Å². The maximum atomic E-state index is 11.0. The second kappa shape index (κ2) is 15.0. The van der Waals surface area contributed by atoms with E-state index in [1.54, 1.807) is 13.0 Å². The van der Waals surface area contributed by atoms with Crippen LogP contribution >= 0.6 is 0 Å². The first-order valence-corrected chi connectivity index (χ1v) is 11.3. The Bertz CT molecular complexity index is 901. The molecular weight excluding hydrogens is 390 g/mol. The van der Waals surface area contributed by atoms with Crippen LogP contribution in [0.15, 0.2) is 106 Å². The van der Waals surface area contributed by atoms with Crippen molar-refractivity contribution in [2.24, 2.45) is 11.1 Å². The predicted octanol–water partition coefficient (Wildman–Crippen LogP) is 8.25. The van der Waals surface area contributed by atoms with E-state index < -0.39 is 5.91 Å². The molecule has 0 rings (SSSR count). The van der Waals surface area contributed by atoms with Gasteiger partial charge in [0.25, 0.3) is 0 Å². The lowest BCUT2D eigenvalue weighted by Crippen LogP contribution is -2.11. The van der Waals surface area contributed by atoms with Crippen LogP contribution in [0.2, 0.25) is 0 Å². The number of rotatable bonds is 10. The van der Waals surface area contributed by atoms with Crippen LogP contribution in [0.1, 0.15) is 68.7 Å². The molecule has 174 valence electrons. The van der Waals surface area contributed by atoms with Gasteiger partial charge in [0, 0.05) is 5.57 Å². The standard InChI is InChI=1S/C30H43NO/c1-10-26(5)28(30(7,8)9)22-21-25(4)18-13-17-23(2)15-11-12-16-24(3)19-14-20-27(6)29(31)32/h11-22H,10H2,1-9H3,(H2,31,32)/b12-11+,17-13+,19-14+,22-21+,23-15+,24-16+,25-18+,27-20-,28-26-. The van der Waals surface area contributed by atoms with E-state index in [2.05, 4.69) is 84.9 Å². The average Bonchev–Trinajstić information content (AvgIpc) is 2.69. The zero-order chi connectivity index (χ0) is 24.7. The summed E-state index contributed by atoms with van der Waals surface area (Å²) in [5.41, 5.74) is 12.2. The minimum absolute atomic E-state index is 0.153. The number of carbonyl (C=O) groups excluding carboxylic acids is 1. The van der Waals surface area contributed by atoms with Gasteiger partial charge in [0.1, 0.15) is 0 Å². The summed E-state index contributed by atoms with van der Waals surface area (Å²) in [4.78, 5) is 11.0. The van der Waals surface area contributed by atoms with Gasteiger partial charge in [0.05, 0.1) is 0 Å². The molecule has 0 spiro atoms. The van der Waals surface area contributed by atoms with Crippen LogP contribution in [0.4, 0.5) is 0 Å². The second-order valence-electron chi connectivity index (χ2n) is 9.18. The van der Waals surface area contributed by atoms with Crippen molar-refractivity contribution >= 4 is 5.91 Å². The summed E-state index contributed by atoms with van der Waals surface area (Å²) in [6, 6.07) is 0. The molecule has 0 aromatic heterocycles. The summed E-state index contributed by atoms with van der Waals surface area (Å²) >= 11 is 0. The SMILES string of the molecule is CC/C(C)=C(/C=C/C(C)=C/C=C/C(C)=C/C=C/C=C(C)/C=C/C=C(/C)C(N)=O)C(C)(C)C. The van der Waals surface area contributed by atoms with Gasteiger partial charge in [-0.2, -0.15) is 0 Å². The van der Waals surface area contributed by atoms with Gasteiger partial charge in [-0.05, 0) is 52.0 Å². The highest BCUT2D eigenvalue weighted by Gasteiger charge is 2.16. The number of primary amides is 1. The summed E-state index contributed by atoms with van der Waals surface area (Å²) in [6.45, 7) is 19.1. The van der Waals surface area contributed by atoms with E-state index in [1.165, 1.54) is 22.3 Å². The van der Waals surface area contributed by atoms with Gasteiger partial charge in [-0.25, -0.2) is 0 Å². The summed E-state index contributed by atoms with van der Waals surface area (Å²) in [7, 11) is 0.